The Morgan fingerprint density at radius 2 is 2.18 bits per heavy atom. The molecule has 7 heteroatoms. The van der Waals surface area contributed by atoms with E-state index in [1.54, 1.807) is 6.20 Å². The number of aromatic amines is 1. The summed E-state index contributed by atoms with van der Waals surface area (Å²) in [6.07, 6.45) is 5.16. The Morgan fingerprint density at radius 3 is 3.00 bits per heavy atom. The van der Waals surface area contributed by atoms with E-state index in [9.17, 15) is 0 Å². The van der Waals surface area contributed by atoms with Crippen LogP contribution in [0.2, 0.25) is 0 Å². The van der Waals surface area contributed by atoms with Gasteiger partial charge >= 0.3 is 0 Å². The number of aromatic nitrogens is 5. The molecule has 110 valence electrons. The summed E-state index contributed by atoms with van der Waals surface area (Å²) in [5.74, 6) is 0.417. The number of hydrogen-bond acceptors (Lipinski definition) is 5. The monoisotopic (exact) mass is 293 g/mol. The number of nitrogens with one attached hydrogen (secondary N) is 1. The van der Waals surface area contributed by atoms with E-state index in [2.05, 4.69) is 31.3 Å². The number of imidazole rings is 1. The van der Waals surface area contributed by atoms with Crippen molar-refractivity contribution < 1.29 is 0 Å². The third-order valence-corrected chi connectivity index (χ3v) is 3.61. The summed E-state index contributed by atoms with van der Waals surface area (Å²) in [5.41, 5.74) is 10.8. The van der Waals surface area contributed by atoms with Gasteiger partial charge in [-0.2, -0.15) is 0 Å². The van der Waals surface area contributed by atoms with Crippen LogP contribution in [0.1, 0.15) is 17.0 Å². The summed E-state index contributed by atoms with van der Waals surface area (Å²) in [5, 5.41) is 8.35. The molecule has 2 aromatic heterocycles. The van der Waals surface area contributed by atoms with Gasteiger partial charge in [0, 0.05) is 30.4 Å². The zero-order valence-electron chi connectivity index (χ0n) is 11.9. The first-order chi connectivity index (χ1) is 10.8. The molecule has 0 bridgehead atoms. The minimum Gasteiger partial charge on any atom is -0.369 e. The largest absolute Gasteiger partial charge is 0.369 e. The first-order valence-electron chi connectivity index (χ1n) is 7.09. The Morgan fingerprint density at radius 1 is 1.27 bits per heavy atom. The number of rotatable bonds is 4. The van der Waals surface area contributed by atoms with Crippen molar-refractivity contribution in [2.24, 2.45) is 4.99 Å². The minimum atomic E-state index is 0.417. The Labute approximate surface area is 126 Å². The molecule has 22 heavy (non-hydrogen) atoms. The van der Waals surface area contributed by atoms with Crippen LogP contribution in [-0.2, 0) is 19.4 Å². The van der Waals surface area contributed by atoms with Gasteiger partial charge in [0.05, 0.1) is 24.1 Å². The van der Waals surface area contributed by atoms with Crippen molar-refractivity contribution in [3.63, 3.8) is 0 Å². The number of hydrogen-bond donors (Lipinski definition) is 2. The van der Waals surface area contributed by atoms with Crippen LogP contribution < -0.4 is 5.73 Å². The van der Waals surface area contributed by atoms with Gasteiger partial charge < -0.3 is 10.7 Å². The maximum absolute atomic E-state index is 5.56. The zero-order chi connectivity index (χ0) is 14.9. The number of benzene rings is 1. The summed E-state index contributed by atoms with van der Waals surface area (Å²) < 4.78 is 1.82. The molecule has 4 rings (SSSR count). The summed E-state index contributed by atoms with van der Waals surface area (Å²) >= 11 is 0. The summed E-state index contributed by atoms with van der Waals surface area (Å²) in [6, 6.07) is 8.20. The number of fused-ring (bicyclic) bond motifs is 1. The van der Waals surface area contributed by atoms with E-state index in [1.165, 1.54) is 5.56 Å². The highest BCUT2D eigenvalue weighted by atomic mass is 15.4. The second-order valence-corrected chi connectivity index (χ2v) is 5.36. The van der Waals surface area contributed by atoms with Crippen LogP contribution in [0.3, 0.4) is 0 Å². The molecular formula is C15H15N7. The Bertz CT molecular complexity index is 843. The van der Waals surface area contributed by atoms with Gasteiger partial charge in [-0.15, -0.1) is 5.10 Å². The predicted molar refractivity (Wildman–Crippen MR) is 83.1 cm³/mol. The van der Waals surface area contributed by atoms with Gasteiger partial charge in [-0.25, -0.2) is 9.67 Å². The lowest BCUT2D eigenvalue weighted by molar-refractivity contribution is 0.676. The van der Waals surface area contributed by atoms with E-state index in [0.29, 0.717) is 18.9 Å². The molecule has 0 spiro atoms. The van der Waals surface area contributed by atoms with E-state index in [-0.39, 0.29) is 0 Å². The molecule has 0 unspecified atom stereocenters. The van der Waals surface area contributed by atoms with Crippen LogP contribution in [0.5, 0.6) is 0 Å². The number of anilines is 1. The van der Waals surface area contributed by atoms with Crippen LogP contribution in [0, 0.1) is 0 Å². The number of nitrogen functional groups attached to an aromatic ring is 1. The Balaban J connectivity index is 1.45. The lowest BCUT2D eigenvalue weighted by Crippen LogP contribution is -2.10. The van der Waals surface area contributed by atoms with Gasteiger partial charge in [-0.1, -0.05) is 23.4 Å². The number of H-pyrrole nitrogens is 1. The minimum absolute atomic E-state index is 0.417. The third kappa shape index (κ3) is 2.48. The lowest BCUT2D eigenvalue weighted by atomic mass is 10.1. The van der Waals surface area contributed by atoms with E-state index in [0.717, 1.165) is 29.2 Å². The molecule has 0 amide bonds. The molecule has 3 aromatic rings. The molecule has 0 saturated heterocycles. The molecule has 0 atom stereocenters. The lowest BCUT2D eigenvalue weighted by Gasteiger charge is -1.98. The first-order valence-corrected chi connectivity index (χ1v) is 7.09. The van der Waals surface area contributed by atoms with E-state index in [1.807, 2.05) is 29.1 Å². The maximum atomic E-state index is 5.56. The Hall–Kier alpha value is -2.96. The van der Waals surface area contributed by atoms with Crippen molar-refractivity contribution in [1.29, 1.82) is 0 Å². The molecule has 0 radical (unpaired) electrons. The van der Waals surface area contributed by atoms with E-state index < -0.39 is 0 Å². The average molecular weight is 293 g/mol. The topological polar surface area (TPSA) is 97.8 Å². The normalized spacial score (nSPS) is 13.2. The second kappa shape index (κ2) is 5.10. The SMILES string of the molecule is Nc1ncc(Cc2cn(CC3=Nc4ccccc4C3)nn2)[nH]1. The molecule has 1 aliphatic heterocycles. The summed E-state index contributed by atoms with van der Waals surface area (Å²) in [6.45, 7) is 0.660. The summed E-state index contributed by atoms with van der Waals surface area (Å²) in [4.78, 5) is 11.6. The van der Waals surface area contributed by atoms with Crippen LogP contribution in [0.25, 0.3) is 0 Å². The van der Waals surface area contributed by atoms with Crippen LogP contribution >= 0.6 is 0 Å². The van der Waals surface area contributed by atoms with Crippen molar-refractivity contribution in [2.75, 3.05) is 5.73 Å². The molecule has 0 aliphatic carbocycles. The van der Waals surface area contributed by atoms with Gasteiger partial charge in [-0.3, -0.25) is 4.99 Å². The molecule has 3 N–H and O–H groups in total. The summed E-state index contributed by atoms with van der Waals surface area (Å²) in [7, 11) is 0. The molecule has 0 fully saturated rings. The zero-order valence-corrected chi connectivity index (χ0v) is 11.9. The number of para-hydroxylation sites is 1. The molecule has 0 saturated carbocycles. The average Bonchev–Trinajstić information content (AvgIpc) is 3.20. The number of nitrogens with zero attached hydrogens (tertiary/aromatic N) is 5. The van der Waals surface area contributed by atoms with Gasteiger partial charge in [0.15, 0.2) is 5.95 Å². The molecule has 7 nitrogen and oxygen atoms in total. The standard InChI is InChI=1S/C15H15N7/c16-15-17-7-11(19-15)6-13-9-22(21-20-13)8-12-5-10-3-1-2-4-14(10)18-12/h1-4,7,9H,5-6,8H2,(H3,16,17,19). The first kappa shape index (κ1) is 12.8. The van der Waals surface area contributed by atoms with Crippen molar-refractivity contribution in [1.82, 2.24) is 25.0 Å². The van der Waals surface area contributed by atoms with Crippen LogP contribution in [0.15, 0.2) is 41.7 Å². The smallest absolute Gasteiger partial charge is 0.197 e. The molecular weight excluding hydrogens is 278 g/mol. The highest BCUT2D eigenvalue weighted by Gasteiger charge is 2.14. The van der Waals surface area contributed by atoms with Crippen molar-refractivity contribution in [2.45, 2.75) is 19.4 Å². The molecule has 1 aromatic carbocycles. The molecule has 3 heterocycles. The van der Waals surface area contributed by atoms with Crippen molar-refractivity contribution >= 4 is 17.3 Å². The Kier molecular flexibility index (Phi) is 2.96. The predicted octanol–water partition coefficient (Wildman–Crippen LogP) is 1.50. The number of aliphatic imine (C=N–C) groups is 1. The number of nitrogens with two attached hydrogens (primary N) is 1. The fourth-order valence-corrected chi connectivity index (χ4v) is 2.64. The third-order valence-electron chi connectivity index (χ3n) is 3.61. The maximum Gasteiger partial charge on any atom is 0.197 e. The second-order valence-electron chi connectivity index (χ2n) is 5.36. The van der Waals surface area contributed by atoms with Crippen LogP contribution in [-0.4, -0.2) is 30.7 Å². The fourth-order valence-electron chi connectivity index (χ4n) is 2.64. The quantitative estimate of drug-likeness (QED) is 0.761. The molecule has 1 aliphatic rings. The van der Waals surface area contributed by atoms with Crippen molar-refractivity contribution in [3.05, 3.63) is 53.6 Å². The highest BCUT2D eigenvalue weighted by Crippen LogP contribution is 2.26. The van der Waals surface area contributed by atoms with Gasteiger partial charge in [0.1, 0.15) is 0 Å². The van der Waals surface area contributed by atoms with Gasteiger partial charge in [-0.05, 0) is 11.6 Å². The van der Waals surface area contributed by atoms with E-state index in [4.69, 9.17) is 5.73 Å². The highest BCUT2D eigenvalue weighted by molar-refractivity contribution is 5.93. The van der Waals surface area contributed by atoms with Gasteiger partial charge in [0.2, 0.25) is 0 Å². The fraction of sp³-hybridized carbons (Fsp3) is 0.200. The van der Waals surface area contributed by atoms with Crippen LogP contribution in [0.4, 0.5) is 11.6 Å². The van der Waals surface area contributed by atoms with E-state index >= 15 is 0 Å². The van der Waals surface area contributed by atoms with Gasteiger partial charge in [0.25, 0.3) is 0 Å². The van der Waals surface area contributed by atoms with Crippen molar-refractivity contribution in [3.8, 4) is 0 Å².